The smallest absolute Gasteiger partial charge is 0.119 e. The molecule has 0 unspecified atom stereocenters. The molecular formula is C18H27O. The number of benzene rings is 1. The summed E-state index contributed by atoms with van der Waals surface area (Å²) in [6, 6.07) is 6.53. The Balaban J connectivity index is 2.97. The molecule has 1 heteroatoms. The van der Waals surface area contributed by atoms with Crippen LogP contribution in [0.1, 0.15) is 45.7 Å². The van der Waals surface area contributed by atoms with Gasteiger partial charge in [-0.15, -0.1) is 6.58 Å². The molecule has 1 aromatic rings. The van der Waals surface area contributed by atoms with Crippen molar-refractivity contribution in [1.82, 2.24) is 0 Å². The molecule has 0 heterocycles. The van der Waals surface area contributed by atoms with Crippen LogP contribution in [0.5, 0.6) is 5.75 Å². The molecule has 0 saturated heterocycles. The Hall–Kier alpha value is -1.24. The molecule has 19 heavy (non-hydrogen) atoms. The minimum absolute atomic E-state index is 0.543. The van der Waals surface area contributed by atoms with Crippen LogP contribution in [0, 0.1) is 17.8 Å². The van der Waals surface area contributed by atoms with Crippen LogP contribution in [-0.4, -0.2) is 6.61 Å². The van der Waals surface area contributed by atoms with E-state index >= 15 is 0 Å². The van der Waals surface area contributed by atoms with Gasteiger partial charge in [0, 0.05) is 5.92 Å². The summed E-state index contributed by atoms with van der Waals surface area (Å²) in [5.74, 6) is 3.36. The zero-order valence-electron chi connectivity index (χ0n) is 13.0. The molecule has 0 bridgehead atoms. The van der Waals surface area contributed by atoms with Crippen molar-refractivity contribution < 1.29 is 4.74 Å². The van der Waals surface area contributed by atoms with Crippen LogP contribution in [0.2, 0.25) is 0 Å². The van der Waals surface area contributed by atoms with Crippen LogP contribution in [0.15, 0.2) is 30.9 Å². The van der Waals surface area contributed by atoms with Crippen molar-refractivity contribution in [1.29, 1.82) is 0 Å². The standard InChI is InChI=1S/C18H27O/c1-7-15(6)17-9-16(8-13(2)3)10-18(11-17)19-12-14(4)5/h7,9-11,13-14H,1,8,12H2,2-6H3. The number of hydrogen-bond acceptors (Lipinski definition) is 1. The highest BCUT2D eigenvalue weighted by Gasteiger charge is 2.08. The molecule has 105 valence electrons. The fourth-order valence-corrected chi connectivity index (χ4v) is 1.94. The lowest BCUT2D eigenvalue weighted by Crippen LogP contribution is -2.06. The van der Waals surface area contributed by atoms with Gasteiger partial charge < -0.3 is 4.74 Å². The van der Waals surface area contributed by atoms with Gasteiger partial charge in [0.2, 0.25) is 0 Å². The minimum Gasteiger partial charge on any atom is -0.493 e. The van der Waals surface area contributed by atoms with E-state index in [4.69, 9.17) is 4.74 Å². The van der Waals surface area contributed by atoms with Gasteiger partial charge in [0.25, 0.3) is 0 Å². The Bertz CT molecular complexity index is 404. The van der Waals surface area contributed by atoms with Crippen LogP contribution in [-0.2, 0) is 6.42 Å². The quantitative estimate of drug-likeness (QED) is 0.666. The Morgan fingerprint density at radius 2 is 1.84 bits per heavy atom. The second-order valence-electron chi connectivity index (χ2n) is 6.06. The first-order valence-electron chi connectivity index (χ1n) is 7.15. The molecule has 0 aliphatic carbocycles. The average molecular weight is 259 g/mol. The van der Waals surface area contributed by atoms with E-state index in [-0.39, 0.29) is 0 Å². The van der Waals surface area contributed by atoms with Crippen molar-refractivity contribution in [2.24, 2.45) is 11.8 Å². The maximum atomic E-state index is 5.88. The third-order valence-corrected chi connectivity index (χ3v) is 2.96. The van der Waals surface area contributed by atoms with Crippen LogP contribution >= 0.6 is 0 Å². The van der Waals surface area contributed by atoms with E-state index in [1.54, 1.807) is 0 Å². The Morgan fingerprint density at radius 3 is 2.37 bits per heavy atom. The van der Waals surface area contributed by atoms with Gasteiger partial charge >= 0.3 is 0 Å². The number of ether oxygens (including phenoxy) is 1. The van der Waals surface area contributed by atoms with Gasteiger partial charge in [-0.2, -0.15) is 0 Å². The van der Waals surface area contributed by atoms with E-state index in [2.05, 4.69) is 59.4 Å². The molecule has 0 atom stereocenters. The Morgan fingerprint density at radius 1 is 1.16 bits per heavy atom. The van der Waals surface area contributed by atoms with E-state index in [1.165, 1.54) is 17.0 Å². The fourth-order valence-electron chi connectivity index (χ4n) is 1.94. The lowest BCUT2D eigenvalue weighted by molar-refractivity contribution is 0.270. The van der Waals surface area contributed by atoms with Crippen LogP contribution in [0.3, 0.4) is 0 Å². The highest BCUT2D eigenvalue weighted by atomic mass is 16.5. The second kappa shape index (κ2) is 7.37. The lowest BCUT2D eigenvalue weighted by atomic mass is 9.95. The van der Waals surface area contributed by atoms with Gasteiger partial charge in [-0.05, 0) is 41.5 Å². The summed E-state index contributed by atoms with van der Waals surface area (Å²) in [4.78, 5) is 0. The zero-order chi connectivity index (χ0) is 14.4. The average Bonchev–Trinajstić information content (AvgIpc) is 2.34. The van der Waals surface area contributed by atoms with E-state index in [1.807, 2.05) is 6.08 Å². The summed E-state index contributed by atoms with van der Waals surface area (Å²) in [5, 5.41) is 0. The van der Waals surface area contributed by atoms with Crippen molar-refractivity contribution in [2.75, 3.05) is 6.61 Å². The summed E-state index contributed by atoms with van der Waals surface area (Å²) < 4.78 is 5.88. The van der Waals surface area contributed by atoms with Crippen molar-refractivity contribution in [3.8, 4) is 5.75 Å². The van der Waals surface area contributed by atoms with E-state index in [9.17, 15) is 0 Å². The molecule has 0 aliphatic heterocycles. The van der Waals surface area contributed by atoms with Crippen LogP contribution < -0.4 is 4.74 Å². The number of hydrogen-bond donors (Lipinski definition) is 0. The molecule has 1 radical (unpaired) electrons. The topological polar surface area (TPSA) is 9.23 Å². The van der Waals surface area contributed by atoms with Gasteiger partial charge in [0.05, 0.1) is 6.61 Å². The van der Waals surface area contributed by atoms with Gasteiger partial charge in [0.1, 0.15) is 5.75 Å². The molecule has 0 saturated carbocycles. The van der Waals surface area contributed by atoms with Gasteiger partial charge in [-0.1, -0.05) is 46.8 Å². The first kappa shape index (κ1) is 15.8. The highest BCUT2D eigenvalue weighted by Crippen LogP contribution is 2.25. The number of allylic oxidation sites excluding steroid dienone is 1. The maximum absolute atomic E-state index is 5.88. The molecule has 0 fully saturated rings. The summed E-state index contributed by atoms with van der Waals surface area (Å²) in [6.45, 7) is 15.5. The predicted octanol–water partition coefficient (Wildman–Crippen LogP) is 5.05. The monoisotopic (exact) mass is 259 g/mol. The van der Waals surface area contributed by atoms with Crippen molar-refractivity contribution >= 4 is 0 Å². The van der Waals surface area contributed by atoms with E-state index < -0.39 is 0 Å². The molecular weight excluding hydrogens is 232 g/mol. The largest absolute Gasteiger partial charge is 0.493 e. The van der Waals surface area contributed by atoms with Gasteiger partial charge in [-0.25, -0.2) is 0 Å². The fraction of sp³-hybridized carbons (Fsp3) is 0.500. The van der Waals surface area contributed by atoms with Crippen LogP contribution in [0.25, 0.3) is 0 Å². The van der Waals surface area contributed by atoms with Crippen molar-refractivity contribution in [2.45, 2.75) is 41.0 Å². The third-order valence-electron chi connectivity index (χ3n) is 2.96. The first-order valence-corrected chi connectivity index (χ1v) is 7.15. The summed E-state index contributed by atoms with van der Waals surface area (Å²) in [6.07, 6.45) is 2.98. The number of rotatable bonds is 7. The van der Waals surface area contributed by atoms with E-state index in [0.717, 1.165) is 18.8 Å². The second-order valence-corrected chi connectivity index (χ2v) is 6.06. The molecule has 1 rings (SSSR count). The van der Waals surface area contributed by atoms with Crippen LogP contribution in [0.4, 0.5) is 0 Å². The van der Waals surface area contributed by atoms with Gasteiger partial charge in [0.15, 0.2) is 0 Å². The van der Waals surface area contributed by atoms with E-state index in [0.29, 0.717) is 11.8 Å². The molecule has 0 amide bonds. The lowest BCUT2D eigenvalue weighted by Gasteiger charge is -2.15. The summed E-state index contributed by atoms with van der Waals surface area (Å²) in [7, 11) is 0. The minimum atomic E-state index is 0.543. The van der Waals surface area contributed by atoms with Crippen molar-refractivity contribution in [3.05, 3.63) is 47.9 Å². The molecule has 0 aliphatic rings. The molecule has 0 spiro atoms. The zero-order valence-corrected chi connectivity index (χ0v) is 13.0. The predicted molar refractivity (Wildman–Crippen MR) is 83.5 cm³/mol. The third kappa shape index (κ3) is 5.50. The molecule has 1 aromatic carbocycles. The molecule has 0 N–H and O–H groups in total. The SMILES string of the molecule is C=C[C](C)c1cc(CC(C)C)cc(OCC(C)C)c1. The normalized spacial score (nSPS) is 11.4. The summed E-state index contributed by atoms with van der Waals surface area (Å²) >= 11 is 0. The Labute approximate surface area is 118 Å². The Kier molecular flexibility index (Phi) is 6.14. The highest BCUT2D eigenvalue weighted by molar-refractivity contribution is 5.43. The van der Waals surface area contributed by atoms with Crippen molar-refractivity contribution in [3.63, 3.8) is 0 Å². The summed E-state index contributed by atoms with van der Waals surface area (Å²) in [5.41, 5.74) is 2.55. The first-order chi connectivity index (χ1) is 8.92. The maximum Gasteiger partial charge on any atom is 0.119 e. The molecule has 1 nitrogen and oxygen atoms in total. The van der Waals surface area contributed by atoms with Gasteiger partial charge in [-0.3, -0.25) is 0 Å². The molecule has 0 aromatic heterocycles.